The monoisotopic (exact) mass is 332 g/mol. The second-order valence-electron chi connectivity index (χ2n) is 5.98. The van der Waals surface area contributed by atoms with Crippen LogP contribution in [0.3, 0.4) is 0 Å². The molecule has 0 atom stereocenters. The number of amides is 1. The number of carbonyl (C=O) groups is 1. The van der Waals surface area contributed by atoms with E-state index in [1.54, 1.807) is 6.07 Å². The molecule has 2 aromatic carbocycles. The molecular weight excluding hydrogens is 312 g/mol. The van der Waals surface area contributed by atoms with Gasteiger partial charge in [-0.2, -0.15) is 0 Å². The molecule has 0 saturated carbocycles. The molecule has 0 aliphatic carbocycles. The van der Waals surface area contributed by atoms with Gasteiger partial charge in [0.05, 0.1) is 0 Å². The molecule has 1 aromatic heterocycles. The third-order valence-electron chi connectivity index (χ3n) is 3.76. The molecule has 2 N–H and O–H groups in total. The summed E-state index contributed by atoms with van der Waals surface area (Å²) in [6.45, 7) is 5.79. The van der Waals surface area contributed by atoms with Crippen LogP contribution in [-0.2, 0) is 0 Å². The summed E-state index contributed by atoms with van der Waals surface area (Å²) in [5, 5.41) is 6.05. The Labute approximate surface area is 147 Å². The highest BCUT2D eigenvalue weighted by atomic mass is 16.1. The van der Waals surface area contributed by atoms with Gasteiger partial charge in [-0.05, 0) is 56.2 Å². The Morgan fingerprint density at radius 2 is 1.68 bits per heavy atom. The maximum absolute atomic E-state index is 12.6. The Morgan fingerprint density at radius 1 is 0.920 bits per heavy atom. The number of nitrogens with zero attached hydrogens (tertiary/aromatic N) is 2. The molecule has 0 unspecified atom stereocenters. The molecule has 0 aliphatic heterocycles. The summed E-state index contributed by atoms with van der Waals surface area (Å²) in [6.07, 6.45) is 0. The number of aromatic nitrogens is 2. The summed E-state index contributed by atoms with van der Waals surface area (Å²) in [4.78, 5) is 21.3. The number of para-hydroxylation sites is 1. The topological polar surface area (TPSA) is 66.9 Å². The predicted octanol–water partition coefficient (Wildman–Crippen LogP) is 4.40. The molecule has 5 heteroatoms. The highest BCUT2D eigenvalue weighted by molar-refractivity contribution is 6.03. The van der Waals surface area contributed by atoms with Crippen LogP contribution in [-0.4, -0.2) is 15.9 Å². The predicted molar refractivity (Wildman–Crippen MR) is 100 cm³/mol. The summed E-state index contributed by atoms with van der Waals surface area (Å²) in [5.41, 5.74) is 4.80. The van der Waals surface area contributed by atoms with Crippen LogP contribution in [0.25, 0.3) is 0 Å². The minimum absolute atomic E-state index is 0.254. The zero-order chi connectivity index (χ0) is 17.8. The highest BCUT2D eigenvalue weighted by Crippen LogP contribution is 2.18. The van der Waals surface area contributed by atoms with Gasteiger partial charge < -0.3 is 10.6 Å². The number of anilines is 3. The van der Waals surface area contributed by atoms with Crippen LogP contribution < -0.4 is 10.6 Å². The highest BCUT2D eigenvalue weighted by Gasteiger charge is 2.12. The number of hydrogen-bond acceptors (Lipinski definition) is 4. The van der Waals surface area contributed by atoms with Crippen molar-refractivity contribution in [3.05, 3.63) is 77.1 Å². The van der Waals surface area contributed by atoms with Crippen LogP contribution in [0.2, 0.25) is 0 Å². The van der Waals surface area contributed by atoms with Crippen molar-refractivity contribution in [1.82, 2.24) is 9.97 Å². The van der Waals surface area contributed by atoms with Gasteiger partial charge in [-0.3, -0.25) is 4.79 Å². The van der Waals surface area contributed by atoms with Gasteiger partial charge in [0.1, 0.15) is 5.69 Å². The molecule has 1 amide bonds. The Morgan fingerprint density at radius 3 is 2.44 bits per heavy atom. The smallest absolute Gasteiger partial charge is 0.274 e. The number of rotatable bonds is 4. The minimum atomic E-state index is -0.254. The van der Waals surface area contributed by atoms with E-state index < -0.39 is 0 Å². The first-order valence-electron chi connectivity index (χ1n) is 8.07. The van der Waals surface area contributed by atoms with Gasteiger partial charge in [-0.15, -0.1) is 0 Å². The number of benzene rings is 2. The van der Waals surface area contributed by atoms with E-state index in [4.69, 9.17) is 0 Å². The molecule has 0 saturated heterocycles. The van der Waals surface area contributed by atoms with Crippen LogP contribution in [0.5, 0.6) is 0 Å². The van der Waals surface area contributed by atoms with E-state index in [0.717, 1.165) is 28.2 Å². The van der Waals surface area contributed by atoms with Crippen molar-refractivity contribution < 1.29 is 4.79 Å². The largest absolute Gasteiger partial charge is 0.324 e. The number of aryl methyl sites for hydroxylation is 3. The Balaban J connectivity index is 1.84. The lowest BCUT2D eigenvalue weighted by molar-refractivity contribution is 0.102. The molecule has 0 spiro atoms. The molecular formula is C20H20N4O. The summed E-state index contributed by atoms with van der Waals surface area (Å²) in [5.74, 6) is 0.146. The molecule has 0 bridgehead atoms. The average molecular weight is 332 g/mol. The van der Waals surface area contributed by atoms with Gasteiger partial charge in [0.25, 0.3) is 5.91 Å². The lowest BCUT2D eigenvalue weighted by Crippen LogP contribution is -2.16. The first kappa shape index (κ1) is 16.6. The van der Waals surface area contributed by atoms with Crippen molar-refractivity contribution in [3.8, 4) is 0 Å². The first-order chi connectivity index (χ1) is 12.0. The third-order valence-corrected chi connectivity index (χ3v) is 3.76. The normalized spacial score (nSPS) is 10.4. The molecule has 0 fully saturated rings. The van der Waals surface area contributed by atoms with Gasteiger partial charge in [0.2, 0.25) is 5.95 Å². The van der Waals surface area contributed by atoms with Crippen molar-refractivity contribution in [1.29, 1.82) is 0 Å². The van der Waals surface area contributed by atoms with Gasteiger partial charge >= 0.3 is 0 Å². The van der Waals surface area contributed by atoms with Crippen molar-refractivity contribution in [3.63, 3.8) is 0 Å². The molecule has 25 heavy (non-hydrogen) atoms. The first-order valence-corrected chi connectivity index (χ1v) is 8.07. The van der Waals surface area contributed by atoms with Gasteiger partial charge in [0, 0.05) is 17.1 Å². The molecule has 0 radical (unpaired) electrons. The van der Waals surface area contributed by atoms with Gasteiger partial charge in [-0.25, -0.2) is 9.97 Å². The van der Waals surface area contributed by atoms with E-state index in [0.29, 0.717) is 11.6 Å². The average Bonchev–Trinajstić information content (AvgIpc) is 2.58. The fourth-order valence-electron chi connectivity index (χ4n) is 2.45. The standard InChI is InChI=1S/C20H20N4O/c1-13-9-10-14(2)17(11-13)23-19(25)18-12-15(3)21-20(24-18)22-16-7-5-4-6-8-16/h4-12H,1-3H3,(H,23,25)(H,21,22,24). The zero-order valence-corrected chi connectivity index (χ0v) is 14.5. The van der Waals surface area contributed by atoms with E-state index in [9.17, 15) is 4.79 Å². The second kappa shape index (κ2) is 7.13. The maximum atomic E-state index is 12.6. The maximum Gasteiger partial charge on any atom is 0.274 e. The van der Waals surface area contributed by atoms with Crippen molar-refractivity contribution >= 4 is 23.2 Å². The second-order valence-corrected chi connectivity index (χ2v) is 5.98. The van der Waals surface area contributed by atoms with E-state index in [2.05, 4.69) is 20.6 Å². The summed E-state index contributed by atoms with van der Waals surface area (Å²) >= 11 is 0. The zero-order valence-electron chi connectivity index (χ0n) is 14.5. The molecule has 0 aliphatic rings. The van der Waals surface area contributed by atoms with Gasteiger partial charge in [0.15, 0.2) is 0 Å². The Bertz CT molecular complexity index is 907. The molecule has 3 aromatic rings. The SMILES string of the molecule is Cc1ccc(C)c(NC(=O)c2cc(C)nc(Nc3ccccc3)n2)c1. The molecule has 126 valence electrons. The van der Waals surface area contributed by atoms with Crippen LogP contribution >= 0.6 is 0 Å². The van der Waals surface area contributed by atoms with Crippen molar-refractivity contribution in [2.24, 2.45) is 0 Å². The summed E-state index contributed by atoms with van der Waals surface area (Å²) < 4.78 is 0. The Hall–Kier alpha value is -3.21. The lowest BCUT2D eigenvalue weighted by atomic mass is 10.1. The van der Waals surface area contributed by atoms with E-state index in [1.165, 1.54) is 0 Å². The number of hydrogen-bond donors (Lipinski definition) is 2. The summed E-state index contributed by atoms with van der Waals surface area (Å²) in [6, 6.07) is 17.2. The molecule has 1 heterocycles. The number of nitrogens with one attached hydrogen (secondary N) is 2. The minimum Gasteiger partial charge on any atom is -0.324 e. The summed E-state index contributed by atoms with van der Waals surface area (Å²) in [7, 11) is 0. The lowest BCUT2D eigenvalue weighted by Gasteiger charge is -2.11. The van der Waals surface area contributed by atoms with E-state index in [-0.39, 0.29) is 5.91 Å². The van der Waals surface area contributed by atoms with Crippen LogP contribution in [0, 0.1) is 20.8 Å². The fraction of sp³-hybridized carbons (Fsp3) is 0.150. The molecule has 3 rings (SSSR count). The van der Waals surface area contributed by atoms with Crippen LogP contribution in [0.15, 0.2) is 54.6 Å². The number of carbonyl (C=O) groups excluding carboxylic acids is 1. The van der Waals surface area contributed by atoms with Crippen LogP contribution in [0.4, 0.5) is 17.3 Å². The van der Waals surface area contributed by atoms with E-state index in [1.807, 2.05) is 69.3 Å². The van der Waals surface area contributed by atoms with Crippen molar-refractivity contribution in [2.45, 2.75) is 20.8 Å². The Kier molecular flexibility index (Phi) is 4.75. The van der Waals surface area contributed by atoms with Gasteiger partial charge in [-0.1, -0.05) is 30.3 Å². The van der Waals surface area contributed by atoms with Crippen molar-refractivity contribution in [2.75, 3.05) is 10.6 Å². The van der Waals surface area contributed by atoms with E-state index >= 15 is 0 Å². The quantitative estimate of drug-likeness (QED) is 0.743. The van der Waals surface area contributed by atoms with Crippen LogP contribution in [0.1, 0.15) is 27.3 Å². The molecule has 5 nitrogen and oxygen atoms in total. The third kappa shape index (κ3) is 4.20. The fourth-order valence-corrected chi connectivity index (χ4v) is 2.45.